The van der Waals surface area contributed by atoms with Crippen LogP contribution in [0.3, 0.4) is 0 Å². The van der Waals surface area contributed by atoms with Gasteiger partial charge < -0.3 is 10.6 Å². The molecule has 0 saturated carbocycles. The first-order valence-electron chi connectivity index (χ1n) is 7.91. The van der Waals surface area contributed by atoms with E-state index in [0.29, 0.717) is 16.6 Å². The predicted octanol–water partition coefficient (Wildman–Crippen LogP) is 3.35. The fourth-order valence-corrected chi connectivity index (χ4v) is 3.12. The number of H-pyrrole nitrogens is 1. The fourth-order valence-electron chi connectivity index (χ4n) is 3.00. The third-order valence-corrected chi connectivity index (χ3v) is 4.77. The lowest BCUT2D eigenvalue weighted by Gasteiger charge is -2.33. The normalized spacial score (nSPS) is 16.5. The van der Waals surface area contributed by atoms with Gasteiger partial charge in [0.25, 0.3) is 5.91 Å². The van der Waals surface area contributed by atoms with Gasteiger partial charge in [-0.15, -0.1) is 12.4 Å². The molecule has 1 atom stereocenters. The Morgan fingerprint density at radius 2 is 1.96 bits per heavy atom. The smallest absolute Gasteiger partial charge is 0.271 e. The van der Waals surface area contributed by atoms with E-state index in [1.807, 2.05) is 36.1 Å². The minimum absolute atomic E-state index is 0. The van der Waals surface area contributed by atoms with Crippen molar-refractivity contribution in [2.75, 3.05) is 13.1 Å². The van der Waals surface area contributed by atoms with Gasteiger partial charge in [0.2, 0.25) is 0 Å². The number of rotatable bonds is 3. The second kappa shape index (κ2) is 8.01. The van der Waals surface area contributed by atoms with Crippen LogP contribution in [-0.2, 0) is 0 Å². The van der Waals surface area contributed by atoms with Crippen molar-refractivity contribution in [1.29, 1.82) is 0 Å². The summed E-state index contributed by atoms with van der Waals surface area (Å²) < 4.78 is 0. The molecule has 0 spiro atoms. The maximum Gasteiger partial charge on any atom is 0.271 e. The van der Waals surface area contributed by atoms with Crippen molar-refractivity contribution < 1.29 is 4.79 Å². The monoisotopic (exact) mass is 368 g/mol. The Hall–Kier alpha value is -1.56. The minimum Gasteiger partial charge on any atom is -0.337 e. The number of halogens is 2. The number of carbonyl (C=O) groups excluding carboxylic acids is 1. The first-order chi connectivity index (χ1) is 11.0. The summed E-state index contributed by atoms with van der Waals surface area (Å²) in [4.78, 5) is 14.5. The topological polar surface area (TPSA) is 75.0 Å². The summed E-state index contributed by atoms with van der Waals surface area (Å²) in [5.74, 6) is 0.506. The maximum atomic E-state index is 12.6. The van der Waals surface area contributed by atoms with Gasteiger partial charge in [-0.05, 0) is 43.9 Å². The molecule has 3 N–H and O–H groups in total. The highest BCUT2D eigenvalue weighted by Crippen LogP contribution is 2.23. The van der Waals surface area contributed by atoms with Gasteiger partial charge in [-0.1, -0.05) is 23.7 Å². The molecule has 0 aliphatic carbocycles. The van der Waals surface area contributed by atoms with Gasteiger partial charge in [0.05, 0.1) is 5.69 Å². The van der Waals surface area contributed by atoms with E-state index in [1.54, 1.807) is 6.07 Å². The maximum absolute atomic E-state index is 12.6. The van der Waals surface area contributed by atoms with Crippen LogP contribution >= 0.6 is 24.0 Å². The summed E-state index contributed by atoms with van der Waals surface area (Å²) in [6, 6.07) is 9.39. The zero-order valence-corrected chi connectivity index (χ0v) is 15.1. The number of nitrogens with zero attached hydrogens (tertiary/aromatic N) is 2. The molecular weight excluding hydrogens is 347 g/mol. The average molecular weight is 369 g/mol. The summed E-state index contributed by atoms with van der Waals surface area (Å²) in [5.41, 5.74) is 8.15. The summed E-state index contributed by atoms with van der Waals surface area (Å²) in [7, 11) is 0. The molecule has 1 unspecified atom stereocenters. The second-order valence-corrected chi connectivity index (χ2v) is 6.60. The van der Waals surface area contributed by atoms with Crippen LogP contribution in [0.1, 0.15) is 30.3 Å². The van der Waals surface area contributed by atoms with Crippen molar-refractivity contribution >= 4 is 29.9 Å². The number of aromatic amines is 1. The van der Waals surface area contributed by atoms with E-state index in [0.717, 1.165) is 37.2 Å². The van der Waals surface area contributed by atoms with Gasteiger partial charge in [-0.25, -0.2) is 0 Å². The van der Waals surface area contributed by atoms with E-state index < -0.39 is 0 Å². The zero-order chi connectivity index (χ0) is 16.4. The number of nitrogens with two attached hydrogens (primary N) is 1. The fraction of sp³-hybridized carbons (Fsp3) is 0.412. The Morgan fingerprint density at radius 1 is 1.33 bits per heavy atom. The van der Waals surface area contributed by atoms with E-state index in [2.05, 4.69) is 10.2 Å². The lowest BCUT2D eigenvalue weighted by atomic mass is 9.91. The SMILES string of the molecule is CC(N)C1CCN(C(=O)c2cc(-c3ccc(Cl)cc3)n[nH]2)CC1.Cl. The van der Waals surface area contributed by atoms with Gasteiger partial charge in [0, 0.05) is 29.7 Å². The van der Waals surface area contributed by atoms with Crippen molar-refractivity contribution in [3.05, 3.63) is 41.0 Å². The van der Waals surface area contributed by atoms with Crippen molar-refractivity contribution in [2.24, 2.45) is 11.7 Å². The number of carbonyl (C=O) groups is 1. The lowest BCUT2D eigenvalue weighted by molar-refractivity contribution is 0.0675. The number of piperidine rings is 1. The molecule has 1 amide bonds. The number of likely N-dealkylation sites (tertiary alicyclic amines) is 1. The van der Waals surface area contributed by atoms with Gasteiger partial charge in [0.1, 0.15) is 5.69 Å². The van der Waals surface area contributed by atoms with Crippen molar-refractivity contribution in [2.45, 2.75) is 25.8 Å². The van der Waals surface area contributed by atoms with Gasteiger partial charge in [-0.2, -0.15) is 5.10 Å². The molecular formula is C17H22Cl2N4O. The summed E-state index contributed by atoms with van der Waals surface area (Å²) in [5, 5.41) is 7.77. The van der Waals surface area contributed by atoms with E-state index in [1.165, 1.54) is 0 Å². The number of nitrogens with one attached hydrogen (secondary N) is 1. The van der Waals surface area contributed by atoms with E-state index >= 15 is 0 Å². The number of hydrogen-bond acceptors (Lipinski definition) is 3. The molecule has 7 heteroatoms. The Kier molecular flexibility index (Phi) is 6.27. The van der Waals surface area contributed by atoms with Crippen molar-refractivity contribution in [3.63, 3.8) is 0 Å². The molecule has 0 bridgehead atoms. The Bertz CT molecular complexity index is 676. The molecule has 1 aromatic heterocycles. The molecule has 0 radical (unpaired) electrons. The highest BCUT2D eigenvalue weighted by Gasteiger charge is 2.26. The van der Waals surface area contributed by atoms with Crippen LogP contribution in [0.2, 0.25) is 5.02 Å². The third kappa shape index (κ3) is 4.09. The van der Waals surface area contributed by atoms with Crippen molar-refractivity contribution in [3.8, 4) is 11.3 Å². The van der Waals surface area contributed by atoms with Crippen LogP contribution in [-0.4, -0.2) is 40.1 Å². The Morgan fingerprint density at radius 3 is 2.54 bits per heavy atom. The molecule has 1 aliphatic heterocycles. The molecule has 1 aliphatic rings. The molecule has 3 rings (SSSR count). The quantitative estimate of drug-likeness (QED) is 0.871. The largest absolute Gasteiger partial charge is 0.337 e. The molecule has 2 aromatic rings. The number of aromatic nitrogens is 2. The lowest BCUT2D eigenvalue weighted by Crippen LogP contribution is -2.42. The van der Waals surface area contributed by atoms with Crippen LogP contribution in [0.4, 0.5) is 0 Å². The number of benzene rings is 1. The Labute approximate surface area is 153 Å². The minimum atomic E-state index is 0. The third-order valence-electron chi connectivity index (χ3n) is 4.52. The predicted molar refractivity (Wildman–Crippen MR) is 98.6 cm³/mol. The first-order valence-corrected chi connectivity index (χ1v) is 8.28. The van der Waals surface area contributed by atoms with Crippen LogP contribution < -0.4 is 5.73 Å². The van der Waals surface area contributed by atoms with Crippen LogP contribution in [0, 0.1) is 5.92 Å². The van der Waals surface area contributed by atoms with Crippen molar-refractivity contribution in [1.82, 2.24) is 15.1 Å². The van der Waals surface area contributed by atoms with E-state index in [-0.39, 0.29) is 24.4 Å². The standard InChI is InChI=1S/C17H21ClN4O.ClH/c1-11(19)12-6-8-22(9-7-12)17(23)16-10-15(20-21-16)13-2-4-14(18)5-3-13;/h2-5,10-12H,6-9,19H2,1H3,(H,20,21);1H. The molecule has 1 aromatic carbocycles. The highest BCUT2D eigenvalue weighted by molar-refractivity contribution is 6.30. The molecule has 1 fully saturated rings. The summed E-state index contributed by atoms with van der Waals surface area (Å²) in [6.07, 6.45) is 1.92. The summed E-state index contributed by atoms with van der Waals surface area (Å²) >= 11 is 5.89. The van der Waals surface area contributed by atoms with Gasteiger partial charge in [0.15, 0.2) is 0 Å². The number of hydrogen-bond donors (Lipinski definition) is 2. The highest BCUT2D eigenvalue weighted by atomic mass is 35.5. The molecule has 5 nitrogen and oxygen atoms in total. The average Bonchev–Trinajstić information content (AvgIpc) is 3.05. The Balaban J connectivity index is 0.00000208. The van der Waals surface area contributed by atoms with E-state index in [9.17, 15) is 4.79 Å². The first kappa shape index (κ1) is 18.8. The second-order valence-electron chi connectivity index (χ2n) is 6.16. The van der Waals surface area contributed by atoms with Gasteiger partial charge >= 0.3 is 0 Å². The van der Waals surface area contributed by atoms with Crippen LogP contribution in [0.25, 0.3) is 11.3 Å². The molecule has 24 heavy (non-hydrogen) atoms. The molecule has 1 saturated heterocycles. The van der Waals surface area contributed by atoms with E-state index in [4.69, 9.17) is 17.3 Å². The molecule has 2 heterocycles. The zero-order valence-electron chi connectivity index (χ0n) is 13.5. The van der Waals surface area contributed by atoms with Crippen LogP contribution in [0.15, 0.2) is 30.3 Å². The number of amides is 1. The summed E-state index contributed by atoms with van der Waals surface area (Å²) in [6.45, 7) is 3.54. The molecule has 130 valence electrons. The van der Waals surface area contributed by atoms with Gasteiger partial charge in [-0.3, -0.25) is 9.89 Å². The van der Waals surface area contributed by atoms with Crippen LogP contribution in [0.5, 0.6) is 0 Å².